The van der Waals surface area contributed by atoms with E-state index in [0.717, 1.165) is 41.1 Å². The summed E-state index contributed by atoms with van der Waals surface area (Å²) in [6, 6.07) is 0.259. The first-order valence-corrected chi connectivity index (χ1v) is 12.4. The van der Waals surface area contributed by atoms with Gasteiger partial charge in [-0.2, -0.15) is 0 Å². The number of aromatic nitrogens is 4. The number of nitrogens with zero attached hydrogens (tertiary/aromatic N) is 4. The molecule has 2 aliphatic rings. The van der Waals surface area contributed by atoms with Crippen LogP contribution in [0.25, 0.3) is 10.2 Å². The van der Waals surface area contributed by atoms with Gasteiger partial charge in [-0.15, -0.1) is 21.5 Å². The summed E-state index contributed by atoms with van der Waals surface area (Å²) >= 11 is 3.27. The predicted octanol–water partition coefficient (Wildman–Crippen LogP) is 5.25. The fourth-order valence-electron chi connectivity index (χ4n) is 4.47. The van der Waals surface area contributed by atoms with Crippen LogP contribution in [0, 0.1) is 0 Å². The van der Waals surface area contributed by atoms with Crippen molar-refractivity contribution in [2.75, 3.05) is 0 Å². The summed E-state index contributed by atoms with van der Waals surface area (Å²) < 4.78 is 7.75. The Morgan fingerprint density at radius 1 is 1.17 bits per heavy atom. The maximum Gasteiger partial charge on any atom is 0.263 e. The van der Waals surface area contributed by atoms with E-state index in [4.69, 9.17) is 9.40 Å². The van der Waals surface area contributed by atoms with E-state index in [0.29, 0.717) is 17.5 Å². The average molecular weight is 431 g/mol. The molecule has 0 amide bonds. The fourth-order valence-corrected chi connectivity index (χ4v) is 6.68. The molecule has 5 rings (SSSR count). The highest BCUT2D eigenvalue weighted by Crippen LogP contribution is 2.37. The topological polar surface area (TPSA) is 73.8 Å². The molecule has 29 heavy (non-hydrogen) atoms. The maximum atomic E-state index is 13.6. The summed E-state index contributed by atoms with van der Waals surface area (Å²) in [6.07, 6.45) is 8.98. The summed E-state index contributed by atoms with van der Waals surface area (Å²) in [5, 5.41) is 9.98. The molecule has 154 valence electrons. The van der Waals surface area contributed by atoms with Crippen molar-refractivity contribution < 1.29 is 4.42 Å². The van der Waals surface area contributed by atoms with Gasteiger partial charge >= 0.3 is 0 Å². The minimum atomic E-state index is 0.164. The van der Waals surface area contributed by atoms with Crippen LogP contribution < -0.4 is 5.56 Å². The van der Waals surface area contributed by atoms with E-state index in [1.165, 1.54) is 36.1 Å². The summed E-state index contributed by atoms with van der Waals surface area (Å²) in [5.41, 5.74) is 1.44. The molecule has 0 spiro atoms. The molecule has 1 saturated carbocycles. The van der Waals surface area contributed by atoms with Gasteiger partial charge in [0.2, 0.25) is 11.8 Å². The highest BCUT2D eigenvalue weighted by Gasteiger charge is 2.27. The average Bonchev–Trinajstić information content (AvgIpc) is 3.45. The van der Waals surface area contributed by atoms with Crippen molar-refractivity contribution in [3.05, 3.63) is 32.6 Å². The lowest BCUT2D eigenvalue weighted by Crippen LogP contribution is -2.26. The first-order valence-electron chi connectivity index (χ1n) is 10.6. The summed E-state index contributed by atoms with van der Waals surface area (Å²) in [6.45, 7) is 4.08. The van der Waals surface area contributed by atoms with Gasteiger partial charge in [0.05, 0.1) is 11.1 Å². The van der Waals surface area contributed by atoms with E-state index in [2.05, 4.69) is 10.2 Å². The second kappa shape index (κ2) is 7.87. The molecule has 6 nitrogen and oxygen atoms in total. The molecule has 8 heteroatoms. The summed E-state index contributed by atoms with van der Waals surface area (Å²) in [7, 11) is 0. The van der Waals surface area contributed by atoms with Gasteiger partial charge in [-0.25, -0.2) is 4.98 Å². The van der Waals surface area contributed by atoms with Crippen LogP contribution in [0.3, 0.4) is 0 Å². The third kappa shape index (κ3) is 3.54. The zero-order valence-electron chi connectivity index (χ0n) is 16.9. The third-order valence-corrected chi connectivity index (χ3v) is 8.10. The molecule has 0 N–H and O–H groups in total. The highest BCUT2D eigenvalue weighted by molar-refractivity contribution is 7.98. The predicted molar refractivity (Wildman–Crippen MR) is 116 cm³/mol. The molecule has 0 atom stereocenters. The van der Waals surface area contributed by atoms with Crippen molar-refractivity contribution in [2.45, 2.75) is 88.1 Å². The second-order valence-corrected chi connectivity index (χ2v) is 10.4. The number of hydrogen-bond acceptors (Lipinski definition) is 7. The zero-order valence-corrected chi connectivity index (χ0v) is 18.6. The number of hydrogen-bond donors (Lipinski definition) is 0. The van der Waals surface area contributed by atoms with Crippen LogP contribution in [0.5, 0.6) is 0 Å². The molecule has 3 aromatic rings. The smallest absolute Gasteiger partial charge is 0.263 e. The van der Waals surface area contributed by atoms with Crippen LogP contribution in [0.15, 0.2) is 14.4 Å². The first kappa shape index (κ1) is 19.3. The van der Waals surface area contributed by atoms with Gasteiger partial charge < -0.3 is 4.42 Å². The van der Waals surface area contributed by atoms with Gasteiger partial charge in [0.25, 0.3) is 5.56 Å². The van der Waals surface area contributed by atoms with Gasteiger partial charge in [0, 0.05) is 16.8 Å². The molecular formula is C21H26N4O2S2. The minimum Gasteiger partial charge on any atom is -0.424 e. The van der Waals surface area contributed by atoms with Crippen LogP contribution in [-0.4, -0.2) is 19.7 Å². The lowest BCUT2D eigenvalue weighted by Gasteiger charge is -2.18. The lowest BCUT2D eigenvalue weighted by molar-refractivity contribution is 0.443. The van der Waals surface area contributed by atoms with Crippen LogP contribution in [0.1, 0.15) is 86.6 Å². The Morgan fingerprint density at radius 2 is 1.97 bits per heavy atom. The molecule has 3 aromatic heterocycles. The SMILES string of the molecule is CC(C)c1nnc(CSc2nc3sc4c(c3c(=O)n2C2CCCC2)CCCC4)o1. The number of rotatable bonds is 5. The molecule has 1 fully saturated rings. The second-order valence-electron chi connectivity index (χ2n) is 8.38. The van der Waals surface area contributed by atoms with Gasteiger partial charge in [-0.05, 0) is 44.1 Å². The summed E-state index contributed by atoms with van der Waals surface area (Å²) in [4.78, 5) is 20.9. The van der Waals surface area contributed by atoms with Crippen molar-refractivity contribution in [1.82, 2.24) is 19.7 Å². The van der Waals surface area contributed by atoms with Crippen LogP contribution in [-0.2, 0) is 18.6 Å². The molecular weight excluding hydrogens is 404 g/mol. The van der Waals surface area contributed by atoms with Crippen LogP contribution in [0.2, 0.25) is 0 Å². The van der Waals surface area contributed by atoms with E-state index in [9.17, 15) is 4.79 Å². The standard InChI is InChI=1S/C21H26N4O2S2/c1-12(2)18-24-23-16(27-18)11-28-21-22-19-17(14-9-5-6-10-15(14)29-19)20(26)25(21)13-7-3-4-8-13/h12-13H,3-11H2,1-2H3. The number of thioether (sulfide) groups is 1. The van der Waals surface area contributed by atoms with Crippen LogP contribution >= 0.6 is 23.1 Å². The first-order chi connectivity index (χ1) is 14.1. The van der Waals surface area contributed by atoms with Crippen LogP contribution in [0.4, 0.5) is 0 Å². The Bertz CT molecular complexity index is 1090. The molecule has 3 heterocycles. The summed E-state index contributed by atoms with van der Waals surface area (Å²) in [5.74, 6) is 2.00. The number of thiophene rings is 1. The van der Waals surface area contributed by atoms with E-state index in [-0.39, 0.29) is 17.5 Å². The van der Waals surface area contributed by atoms with Crippen molar-refractivity contribution in [1.29, 1.82) is 0 Å². The largest absolute Gasteiger partial charge is 0.424 e. The third-order valence-electron chi connectivity index (χ3n) is 5.98. The molecule has 0 radical (unpaired) electrons. The normalized spacial score (nSPS) is 17.5. The van der Waals surface area contributed by atoms with Gasteiger partial charge in [-0.3, -0.25) is 9.36 Å². The Balaban J connectivity index is 1.55. The number of fused-ring (bicyclic) bond motifs is 3. The van der Waals surface area contributed by atoms with Crippen molar-refractivity contribution in [3.8, 4) is 0 Å². The minimum absolute atomic E-state index is 0.164. The molecule has 0 bridgehead atoms. The Labute approximate surface area is 178 Å². The number of aryl methyl sites for hydroxylation is 2. The van der Waals surface area contributed by atoms with E-state index < -0.39 is 0 Å². The Morgan fingerprint density at radius 3 is 2.72 bits per heavy atom. The highest BCUT2D eigenvalue weighted by atomic mass is 32.2. The molecule has 0 aromatic carbocycles. The van der Waals surface area contributed by atoms with Crippen molar-refractivity contribution >= 4 is 33.3 Å². The quantitative estimate of drug-likeness (QED) is 0.406. The van der Waals surface area contributed by atoms with Gasteiger partial charge in [0.1, 0.15) is 4.83 Å². The fraction of sp³-hybridized carbons (Fsp3) is 0.619. The monoisotopic (exact) mass is 430 g/mol. The molecule has 0 unspecified atom stereocenters. The zero-order chi connectivity index (χ0) is 20.0. The molecule has 0 aliphatic heterocycles. The van der Waals surface area contributed by atoms with E-state index in [1.54, 1.807) is 23.1 Å². The lowest BCUT2D eigenvalue weighted by atomic mass is 9.97. The molecule has 0 saturated heterocycles. The van der Waals surface area contributed by atoms with Gasteiger partial charge in [0.15, 0.2) is 5.16 Å². The Kier molecular flexibility index (Phi) is 5.24. The van der Waals surface area contributed by atoms with E-state index in [1.807, 2.05) is 18.4 Å². The van der Waals surface area contributed by atoms with Gasteiger partial charge in [-0.1, -0.05) is 38.5 Å². The van der Waals surface area contributed by atoms with Crippen molar-refractivity contribution in [2.24, 2.45) is 0 Å². The van der Waals surface area contributed by atoms with Crippen molar-refractivity contribution in [3.63, 3.8) is 0 Å². The Hall–Kier alpha value is -1.67. The molecule has 2 aliphatic carbocycles. The maximum absolute atomic E-state index is 13.6. The van der Waals surface area contributed by atoms with E-state index >= 15 is 0 Å².